The largest absolute Gasteiger partial charge is 0.382 e. The molecule has 0 radical (unpaired) electrons. The summed E-state index contributed by atoms with van der Waals surface area (Å²) in [5.74, 6) is 0.924. The summed E-state index contributed by atoms with van der Waals surface area (Å²) in [6.45, 7) is 6.48. The summed E-state index contributed by atoms with van der Waals surface area (Å²) >= 11 is 0. The first-order valence-electron chi connectivity index (χ1n) is 5.46. The van der Waals surface area contributed by atoms with Gasteiger partial charge >= 0.3 is 0 Å². The first kappa shape index (κ1) is 12.5. The van der Waals surface area contributed by atoms with Crippen LogP contribution in [0.3, 0.4) is 0 Å². The molecule has 0 bridgehead atoms. The Balaban J connectivity index is 2.58. The van der Waals surface area contributed by atoms with Crippen LogP contribution in [0.25, 0.3) is 0 Å². The second-order valence-corrected chi connectivity index (χ2v) is 4.43. The summed E-state index contributed by atoms with van der Waals surface area (Å²) in [6, 6.07) is 1.90. The minimum Gasteiger partial charge on any atom is -0.382 e. The van der Waals surface area contributed by atoms with E-state index in [-0.39, 0.29) is 18.5 Å². The standard InChI is InChI=1S/C11H20N4O/c1-8(2)9(3)14(4)11(16)7-15-6-5-10(12)13-15/h5-6,8-9H,7H2,1-4H3,(H2,12,13). The van der Waals surface area contributed by atoms with Crippen LogP contribution >= 0.6 is 0 Å². The molecule has 1 atom stereocenters. The van der Waals surface area contributed by atoms with E-state index in [0.29, 0.717) is 11.7 Å². The Labute approximate surface area is 96.2 Å². The molecule has 5 heteroatoms. The molecule has 0 fully saturated rings. The van der Waals surface area contributed by atoms with E-state index in [4.69, 9.17) is 5.73 Å². The lowest BCUT2D eigenvalue weighted by Gasteiger charge is -2.27. The normalized spacial score (nSPS) is 12.8. The second kappa shape index (κ2) is 5.01. The number of nitrogens with two attached hydrogens (primary N) is 1. The zero-order chi connectivity index (χ0) is 12.3. The fourth-order valence-electron chi connectivity index (χ4n) is 1.39. The van der Waals surface area contributed by atoms with Gasteiger partial charge in [0.25, 0.3) is 0 Å². The first-order chi connectivity index (χ1) is 7.41. The molecule has 1 rings (SSSR count). The fourth-order valence-corrected chi connectivity index (χ4v) is 1.39. The number of anilines is 1. The molecule has 0 saturated carbocycles. The van der Waals surface area contributed by atoms with Gasteiger partial charge in [-0.15, -0.1) is 0 Å². The average molecular weight is 224 g/mol. The number of carbonyl (C=O) groups excluding carboxylic acids is 1. The molecule has 1 aromatic heterocycles. The molecule has 90 valence electrons. The highest BCUT2D eigenvalue weighted by molar-refractivity contribution is 5.76. The maximum atomic E-state index is 11.9. The van der Waals surface area contributed by atoms with Gasteiger partial charge < -0.3 is 10.6 Å². The summed E-state index contributed by atoms with van der Waals surface area (Å²) < 4.78 is 1.56. The van der Waals surface area contributed by atoms with Crippen molar-refractivity contribution in [2.75, 3.05) is 12.8 Å². The molecule has 2 N–H and O–H groups in total. The lowest BCUT2D eigenvalue weighted by Crippen LogP contribution is -2.40. The van der Waals surface area contributed by atoms with Crippen LogP contribution in [0.5, 0.6) is 0 Å². The number of aromatic nitrogens is 2. The lowest BCUT2D eigenvalue weighted by molar-refractivity contribution is -0.133. The number of nitrogen functional groups attached to an aromatic ring is 1. The van der Waals surface area contributed by atoms with E-state index in [1.165, 1.54) is 0 Å². The Hall–Kier alpha value is -1.52. The predicted molar refractivity (Wildman–Crippen MR) is 63.7 cm³/mol. The summed E-state index contributed by atoms with van der Waals surface area (Å²) in [7, 11) is 1.82. The van der Waals surface area contributed by atoms with E-state index < -0.39 is 0 Å². The molecule has 0 aliphatic carbocycles. The van der Waals surface area contributed by atoms with E-state index in [1.54, 1.807) is 21.8 Å². The number of hydrogen-bond acceptors (Lipinski definition) is 3. The second-order valence-electron chi connectivity index (χ2n) is 4.43. The third kappa shape index (κ3) is 2.98. The molecule has 0 aliphatic heterocycles. The van der Waals surface area contributed by atoms with Crippen LogP contribution in [0, 0.1) is 5.92 Å². The maximum absolute atomic E-state index is 11.9. The molecule has 0 saturated heterocycles. The van der Waals surface area contributed by atoms with E-state index >= 15 is 0 Å². The highest BCUT2D eigenvalue weighted by Crippen LogP contribution is 2.08. The predicted octanol–water partition coefficient (Wildman–Crippen LogP) is 0.968. The van der Waals surface area contributed by atoms with Gasteiger partial charge in [-0.05, 0) is 18.9 Å². The number of rotatable bonds is 4. The molecule has 1 unspecified atom stereocenters. The van der Waals surface area contributed by atoms with Crippen molar-refractivity contribution in [3.63, 3.8) is 0 Å². The van der Waals surface area contributed by atoms with Gasteiger partial charge in [-0.25, -0.2) is 0 Å². The summed E-state index contributed by atoms with van der Waals surface area (Å²) in [6.07, 6.45) is 1.71. The Morgan fingerprint density at radius 2 is 2.19 bits per heavy atom. The molecule has 0 aromatic carbocycles. The third-order valence-corrected chi connectivity index (χ3v) is 2.93. The summed E-state index contributed by atoms with van der Waals surface area (Å²) in [5.41, 5.74) is 5.48. The fraction of sp³-hybridized carbons (Fsp3) is 0.636. The quantitative estimate of drug-likeness (QED) is 0.828. The lowest BCUT2D eigenvalue weighted by atomic mass is 10.1. The van der Waals surface area contributed by atoms with Gasteiger partial charge in [0.15, 0.2) is 0 Å². The van der Waals surface area contributed by atoms with Crippen LogP contribution in [0.4, 0.5) is 5.82 Å². The Bertz CT molecular complexity index is 359. The smallest absolute Gasteiger partial charge is 0.244 e. The summed E-state index contributed by atoms with van der Waals surface area (Å²) in [5, 5.41) is 3.98. The maximum Gasteiger partial charge on any atom is 0.244 e. The van der Waals surface area contributed by atoms with Crippen molar-refractivity contribution in [1.29, 1.82) is 0 Å². The summed E-state index contributed by atoms with van der Waals surface area (Å²) in [4.78, 5) is 13.6. The number of nitrogens with zero attached hydrogens (tertiary/aromatic N) is 3. The number of likely N-dealkylation sites (N-methyl/N-ethyl adjacent to an activating group) is 1. The van der Waals surface area contributed by atoms with Crippen LogP contribution in [0.1, 0.15) is 20.8 Å². The Kier molecular flexibility index (Phi) is 3.93. The molecular weight excluding hydrogens is 204 g/mol. The number of amides is 1. The van der Waals surface area contributed by atoms with Gasteiger partial charge in [0.1, 0.15) is 12.4 Å². The van der Waals surface area contributed by atoms with E-state index in [1.807, 2.05) is 14.0 Å². The van der Waals surface area contributed by atoms with Crippen molar-refractivity contribution in [2.24, 2.45) is 5.92 Å². The first-order valence-corrected chi connectivity index (χ1v) is 5.46. The molecule has 1 amide bonds. The van der Waals surface area contributed by atoms with Gasteiger partial charge in [-0.1, -0.05) is 13.8 Å². The SMILES string of the molecule is CC(C)C(C)N(C)C(=O)Cn1ccc(N)n1. The Morgan fingerprint density at radius 1 is 1.56 bits per heavy atom. The zero-order valence-electron chi connectivity index (χ0n) is 10.3. The van der Waals surface area contributed by atoms with Crippen molar-refractivity contribution in [3.8, 4) is 0 Å². The van der Waals surface area contributed by atoms with Crippen LogP contribution in [0.15, 0.2) is 12.3 Å². The van der Waals surface area contributed by atoms with Crippen molar-refractivity contribution in [3.05, 3.63) is 12.3 Å². The number of carbonyl (C=O) groups is 1. The van der Waals surface area contributed by atoms with Crippen molar-refractivity contribution < 1.29 is 4.79 Å². The van der Waals surface area contributed by atoms with Crippen LogP contribution in [0.2, 0.25) is 0 Å². The molecule has 1 heterocycles. The van der Waals surface area contributed by atoms with Crippen LogP contribution in [-0.2, 0) is 11.3 Å². The third-order valence-electron chi connectivity index (χ3n) is 2.93. The molecular formula is C11H20N4O. The Morgan fingerprint density at radius 3 is 2.62 bits per heavy atom. The minimum atomic E-state index is 0.0456. The van der Waals surface area contributed by atoms with Crippen molar-refractivity contribution in [1.82, 2.24) is 14.7 Å². The van der Waals surface area contributed by atoms with Gasteiger partial charge in [0, 0.05) is 19.3 Å². The van der Waals surface area contributed by atoms with Crippen LogP contribution < -0.4 is 5.73 Å². The van der Waals surface area contributed by atoms with Crippen molar-refractivity contribution >= 4 is 11.7 Å². The van der Waals surface area contributed by atoms with Gasteiger partial charge in [0.2, 0.25) is 5.91 Å². The minimum absolute atomic E-state index is 0.0456. The van der Waals surface area contributed by atoms with Crippen LogP contribution in [-0.4, -0.2) is 33.7 Å². The topological polar surface area (TPSA) is 64.2 Å². The average Bonchev–Trinajstić information content (AvgIpc) is 2.61. The van der Waals surface area contributed by atoms with Crippen molar-refractivity contribution in [2.45, 2.75) is 33.4 Å². The van der Waals surface area contributed by atoms with Gasteiger partial charge in [-0.2, -0.15) is 5.10 Å². The van der Waals surface area contributed by atoms with Gasteiger partial charge in [-0.3, -0.25) is 9.48 Å². The highest BCUT2D eigenvalue weighted by atomic mass is 16.2. The molecule has 0 spiro atoms. The molecule has 16 heavy (non-hydrogen) atoms. The van der Waals surface area contributed by atoms with E-state index in [0.717, 1.165) is 0 Å². The monoisotopic (exact) mass is 224 g/mol. The molecule has 5 nitrogen and oxygen atoms in total. The van der Waals surface area contributed by atoms with E-state index in [2.05, 4.69) is 18.9 Å². The number of hydrogen-bond donors (Lipinski definition) is 1. The van der Waals surface area contributed by atoms with Gasteiger partial charge in [0.05, 0.1) is 0 Å². The molecule has 1 aromatic rings. The zero-order valence-corrected chi connectivity index (χ0v) is 10.3. The molecule has 0 aliphatic rings. The van der Waals surface area contributed by atoms with E-state index in [9.17, 15) is 4.79 Å². The highest BCUT2D eigenvalue weighted by Gasteiger charge is 2.18.